The molecule has 0 aliphatic rings. The molecule has 0 aliphatic carbocycles. The fourth-order valence-electron chi connectivity index (χ4n) is 5.12. The van der Waals surface area contributed by atoms with Gasteiger partial charge in [0, 0.05) is 0 Å². The quantitative estimate of drug-likeness (QED) is 0.0530. The number of hydrogen-bond acceptors (Lipinski definition) is 4. The lowest BCUT2D eigenvalue weighted by Crippen LogP contribution is -2.49. The van der Waals surface area contributed by atoms with E-state index in [0.29, 0.717) is 12.8 Å². The molecule has 1 amide bonds. The van der Waals surface area contributed by atoms with Crippen molar-refractivity contribution in [3.63, 3.8) is 0 Å². The van der Waals surface area contributed by atoms with Crippen LogP contribution in [0.5, 0.6) is 0 Å². The van der Waals surface area contributed by atoms with Crippen molar-refractivity contribution in [1.29, 1.82) is 0 Å². The first-order valence-corrected chi connectivity index (χ1v) is 17.0. The number of nitrogens with one attached hydrogen (secondary N) is 1. The van der Waals surface area contributed by atoms with E-state index < -0.39 is 24.2 Å². The van der Waals surface area contributed by atoms with Crippen molar-refractivity contribution in [3.05, 3.63) is 12.2 Å². The van der Waals surface area contributed by atoms with Crippen molar-refractivity contribution in [1.82, 2.24) is 5.32 Å². The molecule has 0 fully saturated rings. The van der Waals surface area contributed by atoms with E-state index in [4.69, 9.17) is 0 Å². The van der Waals surface area contributed by atoms with E-state index in [1.54, 1.807) is 0 Å². The summed E-state index contributed by atoms with van der Waals surface area (Å²) in [6, 6.07) is -0.708. The Morgan fingerprint density at radius 3 is 1.44 bits per heavy atom. The molecule has 0 aromatic rings. The van der Waals surface area contributed by atoms with Crippen molar-refractivity contribution in [2.24, 2.45) is 0 Å². The average molecular weight is 554 g/mol. The third kappa shape index (κ3) is 25.8. The van der Waals surface area contributed by atoms with Gasteiger partial charge in [0.05, 0.1) is 18.8 Å². The predicted molar refractivity (Wildman–Crippen MR) is 167 cm³/mol. The molecule has 4 N–H and O–H groups in total. The Labute approximate surface area is 242 Å². The maximum atomic E-state index is 12.4. The van der Waals surface area contributed by atoms with E-state index in [-0.39, 0.29) is 6.61 Å². The van der Waals surface area contributed by atoms with Crippen LogP contribution in [0.25, 0.3) is 0 Å². The van der Waals surface area contributed by atoms with E-state index >= 15 is 0 Å². The van der Waals surface area contributed by atoms with Gasteiger partial charge in [0.2, 0.25) is 5.91 Å². The average Bonchev–Trinajstić information content (AvgIpc) is 2.94. The highest BCUT2D eigenvalue weighted by Crippen LogP contribution is 2.14. The van der Waals surface area contributed by atoms with Crippen LogP contribution in [0.1, 0.15) is 174 Å². The lowest BCUT2D eigenvalue weighted by atomic mass is 10.0. The van der Waals surface area contributed by atoms with Crippen molar-refractivity contribution >= 4 is 5.91 Å². The standard InChI is InChI=1S/C34H67NO4/c1-3-5-7-9-11-13-15-16-17-19-21-23-25-27-29-33(38)34(39)35-31(30-36)32(37)28-26-24-22-20-18-14-12-10-8-6-4-2/h13,15,31-33,36-38H,3-12,14,16-30H2,1-2H3,(H,35,39)/b15-13-. The van der Waals surface area contributed by atoms with Gasteiger partial charge in [0.25, 0.3) is 0 Å². The van der Waals surface area contributed by atoms with Gasteiger partial charge in [-0.3, -0.25) is 4.79 Å². The van der Waals surface area contributed by atoms with Crippen molar-refractivity contribution in [3.8, 4) is 0 Å². The minimum absolute atomic E-state index is 0.314. The third-order valence-electron chi connectivity index (χ3n) is 7.88. The zero-order chi connectivity index (χ0) is 28.8. The molecule has 0 spiro atoms. The second-order valence-corrected chi connectivity index (χ2v) is 11.7. The molecule has 0 rings (SSSR count). The van der Waals surface area contributed by atoms with Gasteiger partial charge in [-0.05, 0) is 38.5 Å². The normalized spacial score (nSPS) is 14.1. The minimum atomic E-state index is -1.07. The number of aliphatic hydroxyl groups is 3. The Kier molecular flexibility index (Phi) is 29.4. The monoisotopic (exact) mass is 554 g/mol. The lowest BCUT2D eigenvalue weighted by molar-refractivity contribution is -0.131. The second-order valence-electron chi connectivity index (χ2n) is 11.7. The smallest absolute Gasteiger partial charge is 0.249 e. The van der Waals surface area contributed by atoms with Crippen LogP contribution in [0.2, 0.25) is 0 Å². The molecule has 232 valence electrons. The number of allylic oxidation sites excluding steroid dienone is 2. The Balaban J connectivity index is 3.73. The Morgan fingerprint density at radius 1 is 0.590 bits per heavy atom. The maximum absolute atomic E-state index is 12.4. The number of carbonyl (C=O) groups is 1. The molecular formula is C34H67NO4. The van der Waals surface area contributed by atoms with E-state index in [2.05, 4.69) is 31.3 Å². The van der Waals surface area contributed by atoms with Gasteiger partial charge >= 0.3 is 0 Å². The van der Waals surface area contributed by atoms with E-state index in [1.807, 2.05) is 0 Å². The van der Waals surface area contributed by atoms with Crippen LogP contribution in [0.4, 0.5) is 0 Å². The summed E-state index contributed by atoms with van der Waals surface area (Å²) in [6.07, 6.45) is 31.8. The molecular weight excluding hydrogens is 486 g/mol. The SMILES string of the molecule is CCCCCC/C=C\CCCCCCCCC(O)C(=O)NC(CO)C(O)CCCCCCCCCCCCC. The third-order valence-corrected chi connectivity index (χ3v) is 7.88. The number of rotatable bonds is 30. The molecule has 0 heterocycles. The molecule has 0 saturated carbocycles. The molecule has 0 aromatic carbocycles. The van der Waals surface area contributed by atoms with Crippen LogP contribution in [-0.2, 0) is 4.79 Å². The first kappa shape index (κ1) is 38.1. The molecule has 0 saturated heterocycles. The Morgan fingerprint density at radius 2 is 0.974 bits per heavy atom. The molecule has 0 bridgehead atoms. The molecule has 39 heavy (non-hydrogen) atoms. The fraction of sp³-hybridized carbons (Fsp3) is 0.912. The number of aliphatic hydroxyl groups excluding tert-OH is 3. The summed E-state index contributed by atoms with van der Waals surface area (Å²) in [4.78, 5) is 12.4. The van der Waals surface area contributed by atoms with Crippen molar-refractivity contribution < 1.29 is 20.1 Å². The highest BCUT2D eigenvalue weighted by Gasteiger charge is 2.23. The molecule has 3 unspecified atom stereocenters. The predicted octanol–water partition coefficient (Wildman–Crippen LogP) is 8.53. The van der Waals surface area contributed by atoms with Crippen LogP contribution in [-0.4, -0.2) is 46.1 Å². The summed E-state index contributed by atoms with van der Waals surface area (Å²) in [5.74, 6) is -0.478. The number of hydrogen-bond donors (Lipinski definition) is 4. The zero-order valence-corrected chi connectivity index (χ0v) is 26.0. The van der Waals surface area contributed by atoms with E-state index in [1.165, 1.54) is 116 Å². The zero-order valence-electron chi connectivity index (χ0n) is 26.0. The summed E-state index contributed by atoms with van der Waals surface area (Å²) in [5.41, 5.74) is 0. The molecule has 0 radical (unpaired) electrons. The van der Waals surface area contributed by atoms with Crippen LogP contribution >= 0.6 is 0 Å². The summed E-state index contributed by atoms with van der Waals surface area (Å²) in [7, 11) is 0. The fourth-order valence-corrected chi connectivity index (χ4v) is 5.12. The first-order valence-electron chi connectivity index (χ1n) is 17.0. The van der Waals surface area contributed by atoms with Crippen LogP contribution in [0, 0.1) is 0 Å². The Hall–Kier alpha value is -0.910. The van der Waals surface area contributed by atoms with Gasteiger partial charge in [-0.15, -0.1) is 0 Å². The Bertz CT molecular complexity index is 539. The number of amides is 1. The summed E-state index contributed by atoms with van der Waals surface area (Å²) in [6.45, 7) is 4.18. The summed E-state index contributed by atoms with van der Waals surface area (Å²) >= 11 is 0. The van der Waals surface area contributed by atoms with Gasteiger partial charge in [-0.25, -0.2) is 0 Å². The molecule has 0 aromatic heterocycles. The van der Waals surface area contributed by atoms with Crippen molar-refractivity contribution in [2.45, 2.75) is 193 Å². The van der Waals surface area contributed by atoms with Gasteiger partial charge < -0.3 is 20.6 Å². The second kappa shape index (κ2) is 30.1. The minimum Gasteiger partial charge on any atom is -0.394 e. The summed E-state index contributed by atoms with van der Waals surface area (Å²) < 4.78 is 0. The number of unbranched alkanes of at least 4 members (excludes halogenated alkanes) is 20. The van der Waals surface area contributed by atoms with E-state index in [9.17, 15) is 20.1 Å². The van der Waals surface area contributed by atoms with Gasteiger partial charge in [0.1, 0.15) is 6.10 Å². The largest absolute Gasteiger partial charge is 0.394 e. The molecule has 3 atom stereocenters. The van der Waals surface area contributed by atoms with Crippen molar-refractivity contribution in [2.75, 3.05) is 6.61 Å². The van der Waals surface area contributed by atoms with Crippen LogP contribution in [0.15, 0.2) is 12.2 Å². The van der Waals surface area contributed by atoms with Gasteiger partial charge in [-0.1, -0.05) is 148 Å². The molecule has 0 aliphatic heterocycles. The highest BCUT2D eigenvalue weighted by molar-refractivity contribution is 5.80. The van der Waals surface area contributed by atoms with Crippen LogP contribution < -0.4 is 5.32 Å². The number of carbonyl (C=O) groups excluding carboxylic acids is 1. The highest BCUT2D eigenvalue weighted by atomic mass is 16.3. The summed E-state index contributed by atoms with van der Waals surface area (Å²) in [5, 5.41) is 33.0. The topological polar surface area (TPSA) is 89.8 Å². The maximum Gasteiger partial charge on any atom is 0.249 e. The van der Waals surface area contributed by atoms with Gasteiger partial charge in [-0.2, -0.15) is 0 Å². The van der Waals surface area contributed by atoms with E-state index in [0.717, 1.165) is 32.1 Å². The van der Waals surface area contributed by atoms with Crippen LogP contribution in [0.3, 0.4) is 0 Å². The first-order chi connectivity index (χ1) is 19.1. The lowest BCUT2D eigenvalue weighted by Gasteiger charge is -2.23. The molecule has 5 nitrogen and oxygen atoms in total. The molecule has 5 heteroatoms. The van der Waals surface area contributed by atoms with Gasteiger partial charge in [0.15, 0.2) is 0 Å².